The van der Waals surface area contributed by atoms with Crippen molar-refractivity contribution in [3.63, 3.8) is 0 Å². The van der Waals surface area contributed by atoms with E-state index in [1.54, 1.807) is 11.0 Å². The Morgan fingerprint density at radius 1 is 1.35 bits per heavy atom. The Kier molecular flexibility index (Phi) is 3.22. The van der Waals surface area contributed by atoms with Crippen molar-refractivity contribution < 1.29 is 14.7 Å². The van der Waals surface area contributed by atoms with Crippen LogP contribution in [-0.2, 0) is 0 Å². The van der Waals surface area contributed by atoms with Gasteiger partial charge in [0.25, 0.3) is 0 Å². The van der Waals surface area contributed by atoms with Crippen LogP contribution >= 0.6 is 0 Å². The largest absolute Gasteiger partial charge is 0.476 e. The van der Waals surface area contributed by atoms with Gasteiger partial charge in [0.1, 0.15) is 0 Å². The summed E-state index contributed by atoms with van der Waals surface area (Å²) < 4.78 is 0. The number of carbonyl (C=O) groups is 2. The van der Waals surface area contributed by atoms with Crippen molar-refractivity contribution in [2.45, 2.75) is 12.8 Å². The fourth-order valence-electron chi connectivity index (χ4n) is 1.79. The highest BCUT2D eigenvalue weighted by Crippen LogP contribution is 2.15. The Morgan fingerprint density at radius 3 is 2.71 bits per heavy atom. The second-order valence-corrected chi connectivity index (χ2v) is 3.83. The minimum atomic E-state index is -1.15. The molecule has 1 fully saturated rings. The third-order valence-electron chi connectivity index (χ3n) is 2.65. The maximum Gasteiger partial charge on any atom is 0.356 e. The molecular formula is C11H13N3O3. The van der Waals surface area contributed by atoms with Crippen LogP contribution in [0.2, 0.25) is 0 Å². The molecule has 0 atom stereocenters. The highest BCUT2D eigenvalue weighted by molar-refractivity contribution is 5.98. The number of aromatic nitrogens is 1. The standard InChI is InChI=1S/C11H13N3O3/c15-10(16)9-8(4-3-5-12-9)13-11(17)14-6-1-2-7-14/h3-5H,1-2,6-7H2,(H,13,17)(H,15,16). The summed E-state index contributed by atoms with van der Waals surface area (Å²) in [7, 11) is 0. The first-order valence-electron chi connectivity index (χ1n) is 5.43. The van der Waals surface area contributed by atoms with Crippen molar-refractivity contribution in [1.29, 1.82) is 0 Å². The molecule has 1 aromatic heterocycles. The first-order valence-corrected chi connectivity index (χ1v) is 5.43. The molecule has 2 amide bonds. The van der Waals surface area contributed by atoms with Crippen molar-refractivity contribution in [2.24, 2.45) is 0 Å². The van der Waals surface area contributed by atoms with Crippen LogP contribution in [0.1, 0.15) is 23.3 Å². The molecule has 1 aromatic rings. The van der Waals surface area contributed by atoms with Gasteiger partial charge in [-0.3, -0.25) is 0 Å². The number of aromatic carboxylic acids is 1. The molecule has 0 spiro atoms. The number of hydrogen-bond donors (Lipinski definition) is 2. The first kappa shape index (κ1) is 11.4. The fraction of sp³-hybridized carbons (Fsp3) is 0.364. The molecule has 6 heteroatoms. The summed E-state index contributed by atoms with van der Waals surface area (Å²) in [6.07, 6.45) is 3.37. The SMILES string of the molecule is O=C(O)c1ncccc1NC(=O)N1CCCC1. The third-order valence-corrected chi connectivity index (χ3v) is 2.65. The molecule has 90 valence electrons. The number of amides is 2. The number of rotatable bonds is 2. The lowest BCUT2D eigenvalue weighted by Crippen LogP contribution is -2.32. The maximum absolute atomic E-state index is 11.8. The molecule has 0 aromatic carbocycles. The van der Waals surface area contributed by atoms with E-state index in [2.05, 4.69) is 10.3 Å². The molecule has 0 radical (unpaired) electrons. The van der Waals surface area contributed by atoms with Crippen LogP contribution in [0.4, 0.5) is 10.5 Å². The normalized spacial score (nSPS) is 14.7. The molecule has 0 aliphatic carbocycles. The smallest absolute Gasteiger partial charge is 0.356 e. The Morgan fingerprint density at radius 2 is 2.06 bits per heavy atom. The van der Waals surface area contributed by atoms with E-state index in [1.807, 2.05) is 0 Å². The Balaban J connectivity index is 2.12. The number of anilines is 1. The first-order chi connectivity index (χ1) is 8.18. The van der Waals surface area contributed by atoms with Crippen LogP contribution < -0.4 is 5.32 Å². The van der Waals surface area contributed by atoms with Gasteiger partial charge in [-0.15, -0.1) is 0 Å². The quantitative estimate of drug-likeness (QED) is 0.811. The molecular weight excluding hydrogens is 222 g/mol. The van der Waals surface area contributed by atoms with Gasteiger partial charge >= 0.3 is 12.0 Å². The van der Waals surface area contributed by atoms with Crippen LogP contribution in [0.5, 0.6) is 0 Å². The molecule has 17 heavy (non-hydrogen) atoms. The van der Waals surface area contributed by atoms with Gasteiger partial charge in [0, 0.05) is 19.3 Å². The van der Waals surface area contributed by atoms with Gasteiger partial charge in [0.2, 0.25) is 0 Å². The maximum atomic E-state index is 11.8. The number of pyridine rings is 1. The van der Waals surface area contributed by atoms with E-state index < -0.39 is 5.97 Å². The lowest BCUT2D eigenvalue weighted by atomic mass is 10.3. The van der Waals surface area contributed by atoms with Gasteiger partial charge in [0.05, 0.1) is 5.69 Å². The Labute approximate surface area is 98.3 Å². The van der Waals surface area contributed by atoms with Crippen LogP contribution in [0.3, 0.4) is 0 Å². The second kappa shape index (κ2) is 4.82. The number of carboxylic acids is 1. The molecule has 1 aliphatic rings. The minimum absolute atomic E-state index is 0.139. The summed E-state index contributed by atoms with van der Waals surface area (Å²) in [4.78, 5) is 28.1. The Hall–Kier alpha value is -2.11. The second-order valence-electron chi connectivity index (χ2n) is 3.83. The van der Waals surface area contributed by atoms with E-state index in [-0.39, 0.29) is 17.4 Å². The number of hydrogen-bond acceptors (Lipinski definition) is 3. The van der Waals surface area contributed by atoms with Crippen molar-refractivity contribution in [2.75, 3.05) is 18.4 Å². The molecule has 1 saturated heterocycles. The summed E-state index contributed by atoms with van der Waals surface area (Å²) in [6, 6.07) is 2.86. The van der Waals surface area contributed by atoms with Gasteiger partial charge in [-0.25, -0.2) is 14.6 Å². The van der Waals surface area contributed by atoms with Gasteiger partial charge in [0.15, 0.2) is 5.69 Å². The van der Waals surface area contributed by atoms with E-state index in [0.29, 0.717) is 13.1 Å². The number of nitrogens with zero attached hydrogens (tertiary/aromatic N) is 2. The van der Waals surface area contributed by atoms with Crippen molar-refractivity contribution in [3.05, 3.63) is 24.0 Å². The van der Waals surface area contributed by atoms with Gasteiger partial charge in [-0.2, -0.15) is 0 Å². The van der Waals surface area contributed by atoms with Crippen LogP contribution in [0.25, 0.3) is 0 Å². The molecule has 1 aliphatic heterocycles. The molecule has 2 rings (SSSR count). The van der Waals surface area contributed by atoms with Crippen LogP contribution in [-0.4, -0.2) is 40.1 Å². The summed E-state index contributed by atoms with van der Waals surface area (Å²) >= 11 is 0. The number of likely N-dealkylation sites (tertiary alicyclic amines) is 1. The fourth-order valence-corrected chi connectivity index (χ4v) is 1.79. The van der Waals surface area contributed by atoms with Gasteiger partial charge in [-0.1, -0.05) is 0 Å². The highest BCUT2D eigenvalue weighted by Gasteiger charge is 2.20. The van der Waals surface area contributed by atoms with E-state index in [1.165, 1.54) is 12.3 Å². The van der Waals surface area contributed by atoms with Gasteiger partial charge in [-0.05, 0) is 25.0 Å². The van der Waals surface area contributed by atoms with E-state index in [9.17, 15) is 9.59 Å². The van der Waals surface area contributed by atoms with E-state index >= 15 is 0 Å². The van der Waals surface area contributed by atoms with E-state index in [4.69, 9.17) is 5.11 Å². The molecule has 0 saturated carbocycles. The zero-order chi connectivity index (χ0) is 12.3. The minimum Gasteiger partial charge on any atom is -0.476 e. The predicted octanol–water partition coefficient (Wildman–Crippen LogP) is 1.41. The van der Waals surface area contributed by atoms with Crippen molar-refractivity contribution in [3.8, 4) is 0 Å². The molecule has 2 N–H and O–H groups in total. The molecule has 0 bridgehead atoms. The topological polar surface area (TPSA) is 82.5 Å². The van der Waals surface area contributed by atoms with Crippen LogP contribution in [0, 0.1) is 0 Å². The average Bonchev–Trinajstić information content (AvgIpc) is 2.83. The monoisotopic (exact) mass is 235 g/mol. The summed E-state index contributed by atoms with van der Waals surface area (Å²) in [5.74, 6) is -1.15. The van der Waals surface area contributed by atoms with Crippen molar-refractivity contribution >= 4 is 17.7 Å². The summed E-state index contributed by atoms with van der Waals surface area (Å²) in [5.41, 5.74) is 0.0944. The number of nitrogens with one attached hydrogen (secondary N) is 1. The molecule has 0 unspecified atom stereocenters. The highest BCUT2D eigenvalue weighted by atomic mass is 16.4. The zero-order valence-corrected chi connectivity index (χ0v) is 9.22. The lowest BCUT2D eigenvalue weighted by Gasteiger charge is -2.16. The third kappa shape index (κ3) is 2.52. The lowest BCUT2D eigenvalue weighted by molar-refractivity contribution is 0.0691. The van der Waals surface area contributed by atoms with Crippen molar-refractivity contribution in [1.82, 2.24) is 9.88 Å². The number of carbonyl (C=O) groups excluding carboxylic acids is 1. The van der Waals surface area contributed by atoms with Gasteiger partial charge < -0.3 is 15.3 Å². The molecule has 2 heterocycles. The zero-order valence-electron chi connectivity index (χ0n) is 9.22. The molecule has 6 nitrogen and oxygen atoms in total. The summed E-state index contributed by atoms with van der Waals surface area (Å²) in [5, 5.41) is 11.5. The predicted molar refractivity (Wildman–Crippen MR) is 61.0 cm³/mol. The Bertz CT molecular complexity index is 441. The average molecular weight is 235 g/mol. The van der Waals surface area contributed by atoms with Crippen LogP contribution in [0.15, 0.2) is 18.3 Å². The summed E-state index contributed by atoms with van der Waals surface area (Å²) in [6.45, 7) is 1.43. The number of urea groups is 1. The number of carboxylic acid groups (broad SMARTS) is 1. The van der Waals surface area contributed by atoms with E-state index in [0.717, 1.165) is 12.8 Å².